The lowest BCUT2D eigenvalue weighted by atomic mass is 9.93. The van der Waals surface area contributed by atoms with Gasteiger partial charge in [-0.05, 0) is 87.2 Å². The summed E-state index contributed by atoms with van der Waals surface area (Å²) in [4.78, 5) is 0. The fourth-order valence-corrected chi connectivity index (χ4v) is 4.21. The van der Waals surface area contributed by atoms with Crippen molar-refractivity contribution in [2.75, 3.05) is 0 Å². The molecule has 0 aromatic heterocycles. The lowest BCUT2D eigenvalue weighted by Crippen LogP contribution is -1.99. The molecular formula is C24H38O2. The van der Waals surface area contributed by atoms with Gasteiger partial charge in [0.2, 0.25) is 0 Å². The molecule has 2 aliphatic carbocycles. The summed E-state index contributed by atoms with van der Waals surface area (Å²) in [5.74, 6) is 0.745. The van der Waals surface area contributed by atoms with Gasteiger partial charge in [-0.25, -0.2) is 0 Å². The number of unbranched alkanes of at least 4 members (excludes halogenated alkanes) is 4. The van der Waals surface area contributed by atoms with Gasteiger partial charge in [0, 0.05) is 11.1 Å². The van der Waals surface area contributed by atoms with Crippen molar-refractivity contribution in [2.24, 2.45) is 10.8 Å². The van der Waals surface area contributed by atoms with Gasteiger partial charge in [-0.2, -0.15) is 0 Å². The third-order valence-corrected chi connectivity index (χ3v) is 7.00. The molecule has 1 aromatic carbocycles. The zero-order chi connectivity index (χ0) is 18.6. The smallest absolute Gasteiger partial charge is 0.119 e. The van der Waals surface area contributed by atoms with Gasteiger partial charge in [-0.3, -0.25) is 0 Å². The molecule has 0 unspecified atom stereocenters. The minimum absolute atomic E-state index is 0.373. The molecule has 0 spiro atoms. The molecule has 0 amide bonds. The van der Waals surface area contributed by atoms with Crippen LogP contribution in [0.1, 0.15) is 102 Å². The number of rotatable bonds is 12. The highest BCUT2D eigenvalue weighted by Gasteiger charge is 2.36. The zero-order valence-corrected chi connectivity index (χ0v) is 16.9. The van der Waals surface area contributed by atoms with Crippen LogP contribution in [0.3, 0.4) is 0 Å². The third kappa shape index (κ3) is 5.66. The molecule has 146 valence electrons. The van der Waals surface area contributed by atoms with Crippen LogP contribution >= 0.6 is 0 Å². The minimum Gasteiger partial charge on any atom is -0.508 e. The van der Waals surface area contributed by atoms with Gasteiger partial charge in [0.25, 0.3) is 0 Å². The standard InChI is InChI=1S/C24H38O2/c1-23(15-16-23)13-7-3-5-9-19-20(22(26)12-11-21(19)25)10-6-4-8-14-24(2)17-18-24/h11-12,25-26H,3-10,13-18H2,1-2H3. The molecule has 2 saturated carbocycles. The molecule has 0 radical (unpaired) electrons. The summed E-state index contributed by atoms with van der Waals surface area (Å²) in [6.45, 7) is 4.80. The SMILES string of the molecule is CC1(CCCCCc2c(O)ccc(O)c2CCCCCC2(C)CC2)CC1. The lowest BCUT2D eigenvalue weighted by molar-refractivity contribution is 0.440. The maximum absolute atomic E-state index is 10.3. The van der Waals surface area contributed by atoms with E-state index in [1.165, 1.54) is 64.2 Å². The number of phenolic OH excluding ortho intramolecular Hbond substituents is 2. The minimum atomic E-state index is 0.373. The fourth-order valence-electron chi connectivity index (χ4n) is 4.21. The van der Waals surface area contributed by atoms with E-state index < -0.39 is 0 Å². The Morgan fingerprint density at radius 1 is 0.654 bits per heavy atom. The van der Waals surface area contributed by atoms with E-state index in [1.807, 2.05) is 0 Å². The van der Waals surface area contributed by atoms with Gasteiger partial charge >= 0.3 is 0 Å². The molecule has 0 saturated heterocycles. The van der Waals surface area contributed by atoms with Crippen LogP contribution in [0.25, 0.3) is 0 Å². The number of aromatic hydroxyl groups is 2. The highest BCUT2D eigenvalue weighted by Crippen LogP contribution is 2.49. The van der Waals surface area contributed by atoms with Crippen LogP contribution < -0.4 is 0 Å². The van der Waals surface area contributed by atoms with Gasteiger partial charge < -0.3 is 10.2 Å². The Kier molecular flexibility index (Phi) is 6.20. The second-order valence-electron chi connectivity index (χ2n) is 9.80. The molecule has 0 aliphatic heterocycles. The lowest BCUT2D eigenvalue weighted by Gasteiger charge is -2.14. The van der Waals surface area contributed by atoms with Crippen molar-refractivity contribution in [2.45, 2.75) is 104 Å². The number of benzene rings is 1. The first-order chi connectivity index (χ1) is 12.4. The molecule has 2 fully saturated rings. The van der Waals surface area contributed by atoms with E-state index in [2.05, 4.69) is 13.8 Å². The van der Waals surface area contributed by atoms with Crippen LogP contribution in [0.5, 0.6) is 11.5 Å². The predicted octanol–water partition coefficient (Wildman–Crippen LogP) is 6.90. The molecular weight excluding hydrogens is 320 g/mol. The number of hydrogen-bond donors (Lipinski definition) is 2. The van der Waals surface area contributed by atoms with Crippen LogP contribution in [0.2, 0.25) is 0 Å². The van der Waals surface area contributed by atoms with Crippen molar-refractivity contribution < 1.29 is 10.2 Å². The van der Waals surface area contributed by atoms with Crippen molar-refractivity contribution >= 4 is 0 Å². The number of hydrogen-bond acceptors (Lipinski definition) is 2. The summed E-state index contributed by atoms with van der Waals surface area (Å²) >= 11 is 0. The van der Waals surface area contributed by atoms with E-state index in [-0.39, 0.29) is 0 Å². The van der Waals surface area contributed by atoms with Crippen LogP contribution in [-0.4, -0.2) is 10.2 Å². The van der Waals surface area contributed by atoms with Gasteiger partial charge in [0.1, 0.15) is 11.5 Å². The van der Waals surface area contributed by atoms with Gasteiger partial charge in [-0.15, -0.1) is 0 Å². The monoisotopic (exact) mass is 358 g/mol. The highest BCUT2D eigenvalue weighted by molar-refractivity contribution is 5.47. The first-order valence-electron chi connectivity index (χ1n) is 10.9. The second-order valence-corrected chi connectivity index (χ2v) is 9.80. The van der Waals surface area contributed by atoms with Crippen molar-refractivity contribution in [3.05, 3.63) is 23.3 Å². The Labute approximate surface area is 160 Å². The van der Waals surface area contributed by atoms with E-state index in [1.54, 1.807) is 12.1 Å². The van der Waals surface area contributed by atoms with Crippen molar-refractivity contribution in [1.29, 1.82) is 0 Å². The van der Waals surface area contributed by atoms with Crippen molar-refractivity contribution in [3.63, 3.8) is 0 Å². The van der Waals surface area contributed by atoms with Gasteiger partial charge in [0.05, 0.1) is 0 Å². The van der Waals surface area contributed by atoms with Crippen LogP contribution in [0, 0.1) is 10.8 Å². The average Bonchev–Trinajstić information content (AvgIpc) is 3.52. The normalized spacial score (nSPS) is 19.5. The molecule has 2 aliphatic rings. The molecule has 26 heavy (non-hydrogen) atoms. The Morgan fingerprint density at radius 3 is 1.38 bits per heavy atom. The largest absolute Gasteiger partial charge is 0.508 e. The molecule has 0 heterocycles. The molecule has 2 nitrogen and oxygen atoms in total. The van der Waals surface area contributed by atoms with Gasteiger partial charge in [0.15, 0.2) is 0 Å². The average molecular weight is 359 g/mol. The van der Waals surface area contributed by atoms with E-state index in [4.69, 9.17) is 0 Å². The maximum atomic E-state index is 10.3. The molecule has 1 aromatic rings. The molecule has 2 N–H and O–H groups in total. The quantitative estimate of drug-likeness (QED) is 0.315. The second kappa shape index (κ2) is 8.23. The summed E-state index contributed by atoms with van der Waals surface area (Å²) in [7, 11) is 0. The van der Waals surface area contributed by atoms with Crippen molar-refractivity contribution in [1.82, 2.24) is 0 Å². The van der Waals surface area contributed by atoms with E-state index in [0.717, 1.165) is 36.8 Å². The summed E-state index contributed by atoms with van der Waals surface area (Å²) in [6.07, 6.45) is 17.4. The van der Waals surface area contributed by atoms with E-state index in [0.29, 0.717) is 22.3 Å². The van der Waals surface area contributed by atoms with Crippen LogP contribution in [-0.2, 0) is 12.8 Å². The Bertz CT molecular complexity index is 543. The summed E-state index contributed by atoms with van der Waals surface area (Å²) < 4.78 is 0. The van der Waals surface area contributed by atoms with E-state index >= 15 is 0 Å². The van der Waals surface area contributed by atoms with E-state index in [9.17, 15) is 10.2 Å². The highest BCUT2D eigenvalue weighted by atomic mass is 16.3. The third-order valence-electron chi connectivity index (χ3n) is 7.00. The summed E-state index contributed by atoms with van der Waals surface area (Å²) in [5, 5.41) is 20.6. The predicted molar refractivity (Wildman–Crippen MR) is 109 cm³/mol. The zero-order valence-electron chi connectivity index (χ0n) is 16.9. The molecule has 0 atom stereocenters. The summed E-state index contributed by atoms with van der Waals surface area (Å²) in [5.41, 5.74) is 3.29. The molecule has 2 heteroatoms. The topological polar surface area (TPSA) is 40.5 Å². The Balaban J connectivity index is 1.43. The van der Waals surface area contributed by atoms with Crippen LogP contribution in [0.15, 0.2) is 12.1 Å². The van der Waals surface area contributed by atoms with Gasteiger partial charge in [-0.1, -0.05) is 39.5 Å². The summed E-state index contributed by atoms with van der Waals surface area (Å²) in [6, 6.07) is 3.32. The first kappa shape index (κ1) is 19.6. The van der Waals surface area contributed by atoms with Crippen LogP contribution in [0.4, 0.5) is 0 Å². The maximum Gasteiger partial charge on any atom is 0.119 e. The Hall–Kier alpha value is -1.18. The first-order valence-corrected chi connectivity index (χ1v) is 10.9. The Morgan fingerprint density at radius 2 is 1.04 bits per heavy atom. The molecule has 3 rings (SSSR count). The number of phenols is 2. The molecule has 0 bridgehead atoms. The fraction of sp³-hybridized carbons (Fsp3) is 0.750. The van der Waals surface area contributed by atoms with Crippen molar-refractivity contribution in [3.8, 4) is 11.5 Å².